The zero-order valence-corrected chi connectivity index (χ0v) is 47.5. The van der Waals surface area contributed by atoms with Gasteiger partial charge in [0.25, 0.3) is 0 Å². The number of ether oxygens (including phenoxy) is 5. The molecule has 1 saturated heterocycles. The second-order valence-corrected chi connectivity index (χ2v) is 26.4. The van der Waals surface area contributed by atoms with Crippen LogP contribution in [0, 0.1) is 17.8 Å². The van der Waals surface area contributed by atoms with E-state index < -0.39 is 44.9 Å². The highest BCUT2D eigenvalue weighted by atomic mass is 28.4. The van der Waals surface area contributed by atoms with Crippen LogP contribution in [0.25, 0.3) is 0 Å². The van der Waals surface area contributed by atoms with Gasteiger partial charge < -0.3 is 88.6 Å². The van der Waals surface area contributed by atoms with Crippen molar-refractivity contribution >= 4 is 26.4 Å². The van der Waals surface area contributed by atoms with Crippen LogP contribution in [0.2, 0.25) is 18.1 Å². The maximum absolute atomic E-state index is 10.5. The Kier molecular flexibility index (Phi) is 42.4. The summed E-state index contributed by atoms with van der Waals surface area (Å²) in [5.41, 5.74) is 0. The summed E-state index contributed by atoms with van der Waals surface area (Å²) in [6.45, 7) is 23.1. The van der Waals surface area contributed by atoms with E-state index in [0.29, 0.717) is 77.1 Å². The second-order valence-electron chi connectivity index (χ2n) is 17.4. The molecule has 7 atom stereocenters. The Morgan fingerprint density at radius 1 is 0.485 bits per heavy atom. The van der Waals surface area contributed by atoms with E-state index in [-0.39, 0.29) is 38.6 Å². The first kappa shape index (κ1) is 69.9. The molecule has 1 rings (SSSR count). The van der Waals surface area contributed by atoms with Crippen LogP contribution in [-0.4, -0.2) is 257 Å². The third kappa shape index (κ3) is 31.4. The normalized spacial score (nSPS) is 17.2. The van der Waals surface area contributed by atoms with Crippen LogP contribution in [0.15, 0.2) is 0 Å². The molecule has 1 fully saturated rings. The fourth-order valence-electron chi connectivity index (χ4n) is 7.73. The number of hydrogen-bond acceptors (Lipinski definition) is 20. The van der Waals surface area contributed by atoms with Gasteiger partial charge in [-0.3, -0.25) is 4.90 Å². The molecule has 0 spiro atoms. The van der Waals surface area contributed by atoms with Gasteiger partial charge in [0.2, 0.25) is 0 Å². The fraction of sp³-hybridized carbons (Fsp3) is 1.00. The van der Waals surface area contributed by atoms with E-state index in [9.17, 15) is 15.3 Å². The minimum Gasteiger partial charge on any atom is -0.389 e. The lowest BCUT2D eigenvalue weighted by atomic mass is 10.2. The van der Waals surface area contributed by atoms with Crippen LogP contribution in [0.1, 0.15) is 61.8 Å². The van der Waals surface area contributed by atoms with Crippen LogP contribution in [0.3, 0.4) is 0 Å². The van der Waals surface area contributed by atoms with E-state index in [4.69, 9.17) is 63.5 Å². The molecule has 1 aliphatic rings. The van der Waals surface area contributed by atoms with Crippen LogP contribution < -0.4 is 0 Å². The van der Waals surface area contributed by atoms with Crippen LogP contribution >= 0.6 is 0 Å². The molecule has 7 unspecified atom stereocenters. The predicted molar refractivity (Wildman–Crippen MR) is 271 cm³/mol. The fourth-order valence-corrected chi connectivity index (χ4v) is 13.7. The molecule has 0 aromatic rings. The van der Waals surface area contributed by atoms with Gasteiger partial charge >= 0.3 is 26.4 Å². The minimum atomic E-state index is -2.63. The number of nitrogens with zero attached hydrogens (tertiary/aromatic N) is 3. The average Bonchev–Trinajstić information content (AvgIpc) is 4.16. The zero-order chi connectivity index (χ0) is 50.7. The molecule has 3 N–H and O–H groups in total. The summed E-state index contributed by atoms with van der Waals surface area (Å²) in [7, 11) is 6.80. The number of aliphatic hydroxyl groups excluding tert-OH is 3. The Balaban J connectivity index is 0. The molecule has 20 nitrogen and oxygen atoms in total. The Labute approximate surface area is 416 Å². The van der Waals surface area contributed by atoms with Gasteiger partial charge in [-0.05, 0) is 50.2 Å². The number of hydrogen-bond donors (Lipinski definition) is 3. The number of aliphatic hydroxyl groups is 3. The molecule has 1 aliphatic heterocycles. The Morgan fingerprint density at radius 3 is 1.10 bits per heavy atom. The number of rotatable bonds is 45. The molecule has 412 valence electrons. The van der Waals surface area contributed by atoms with Gasteiger partial charge in [-0.25, -0.2) is 0 Å². The molecule has 0 amide bonds. The lowest BCUT2D eigenvalue weighted by molar-refractivity contribution is -0.117. The maximum atomic E-state index is 10.5. The largest absolute Gasteiger partial charge is 0.500 e. The molecule has 0 aromatic heterocycles. The SMILES string of the molecule is C.CCN(CC(C)C[Si](OC)(OC)OC)CC(O)COCCCOCC(O)CN(CC)CC(C)C[Si](OC)(OC)OC.CCN(CC(C)C[Si](OC)(OC)OC)CC(O)OCCCOCC1CO1. The summed E-state index contributed by atoms with van der Waals surface area (Å²) < 4.78 is 77.0. The lowest BCUT2D eigenvalue weighted by Crippen LogP contribution is -2.46. The topological polar surface area (TPSA) is 203 Å². The van der Waals surface area contributed by atoms with E-state index in [1.54, 1.807) is 64.0 Å². The van der Waals surface area contributed by atoms with Crippen molar-refractivity contribution in [2.75, 3.05) is 176 Å². The highest BCUT2D eigenvalue weighted by Crippen LogP contribution is 2.23. The van der Waals surface area contributed by atoms with Gasteiger partial charge in [0.15, 0.2) is 6.29 Å². The van der Waals surface area contributed by atoms with Gasteiger partial charge in [0.1, 0.15) is 6.10 Å². The summed E-state index contributed by atoms with van der Waals surface area (Å²) in [6.07, 6.45) is -0.216. The summed E-state index contributed by atoms with van der Waals surface area (Å²) in [5, 5.41) is 31.0. The lowest BCUT2D eigenvalue weighted by Gasteiger charge is -2.31. The summed E-state index contributed by atoms with van der Waals surface area (Å²) in [6, 6.07) is 2.15. The van der Waals surface area contributed by atoms with Gasteiger partial charge in [-0.2, -0.15) is 0 Å². The van der Waals surface area contributed by atoms with Gasteiger partial charge in [-0.1, -0.05) is 49.0 Å². The van der Waals surface area contributed by atoms with Crippen molar-refractivity contribution in [2.24, 2.45) is 17.8 Å². The second kappa shape index (κ2) is 41.2. The minimum absolute atomic E-state index is 0. The van der Waals surface area contributed by atoms with Crippen LogP contribution in [0.4, 0.5) is 0 Å². The highest BCUT2D eigenvalue weighted by molar-refractivity contribution is 6.61. The Morgan fingerprint density at radius 2 is 0.794 bits per heavy atom. The van der Waals surface area contributed by atoms with Crippen molar-refractivity contribution in [3.8, 4) is 0 Å². The molecule has 1 heterocycles. The van der Waals surface area contributed by atoms with Crippen LogP contribution in [0.5, 0.6) is 0 Å². The number of epoxide rings is 1. The van der Waals surface area contributed by atoms with Gasteiger partial charge in [-0.15, -0.1) is 0 Å². The van der Waals surface area contributed by atoms with Crippen molar-refractivity contribution in [1.29, 1.82) is 0 Å². The molecular formula is C45H103N3O17Si3. The average molecular weight is 1040 g/mol. The summed E-state index contributed by atoms with van der Waals surface area (Å²) in [4.78, 5) is 6.57. The first-order valence-electron chi connectivity index (χ1n) is 24.1. The molecule has 0 radical (unpaired) electrons. The molecule has 0 saturated carbocycles. The van der Waals surface area contributed by atoms with Crippen molar-refractivity contribution in [3.05, 3.63) is 0 Å². The molecule has 23 heteroatoms. The van der Waals surface area contributed by atoms with Crippen LogP contribution in [-0.2, 0) is 63.5 Å². The van der Waals surface area contributed by atoms with Crippen molar-refractivity contribution < 1.29 is 78.8 Å². The first-order valence-corrected chi connectivity index (χ1v) is 29.9. The van der Waals surface area contributed by atoms with Gasteiger partial charge in [0.05, 0.1) is 45.2 Å². The van der Waals surface area contributed by atoms with Crippen molar-refractivity contribution in [3.63, 3.8) is 0 Å². The summed E-state index contributed by atoms with van der Waals surface area (Å²) >= 11 is 0. The van der Waals surface area contributed by atoms with E-state index in [1.807, 2.05) is 0 Å². The summed E-state index contributed by atoms with van der Waals surface area (Å²) in [5.74, 6) is 0.891. The molecule has 0 aromatic carbocycles. The molecule has 68 heavy (non-hydrogen) atoms. The third-order valence-corrected chi connectivity index (χ3v) is 20.8. The Bertz CT molecular complexity index is 1060. The standard InChI is InChI=1S/C27H62N2O10Si2.C17H37NO7Si.CH4/c1-11-28(16-24(3)22-40(32-5,33-6)34-7)18-26(30)20-38-14-13-15-39-21-27(31)19-29(12-2)17-25(4)23-41(35-8,36-9)37-10;1-6-18(10-15(2)14-26(20-3,21-4)22-5)11-17(19)24-9-7-8-23-12-16-13-25-16;/h24-27,30-31H,11-23H2,1-10H3;15-17,19H,6-14H2,1-5H3;1H4. The highest BCUT2D eigenvalue weighted by Gasteiger charge is 2.41. The smallest absolute Gasteiger partial charge is 0.389 e. The van der Waals surface area contributed by atoms with Crippen molar-refractivity contribution in [1.82, 2.24) is 14.7 Å². The number of likely N-dealkylation sites (N-methyl/N-ethyl adjacent to an activating group) is 3. The maximum Gasteiger partial charge on any atom is 0.500 e. The third-order valence-electron chi connectivity index (χ3n) is 11.6. The first-order chi connectivity index (χ1) is 32.0. The zero-order valence-electron chi connectivity index (χ0n) is 44.5. The van der Waals surface area contributed by atoms with E-state index in [2.05, 4.69) is 56.2 Å². The Hall–Kier alpha value is -0.149. The van der Waals surface area contributed by atoms with E-state index in [1.165, 1.54) is 0 Å². The molecular weight excluding hydrogens is 939 g/mol. The quantitative estimate of drug-likeness (QED) is 0.0346. The predicted octanol–water partition coefficient (Wildman–Crippen LogP) is 3.40. The molecule has 0 bridgehead atoms. The molecule has 0 aliphatic carbocycles. The van der Waals surface area contributed by atoms with Gasteiger partial charge in [0, 0.05) is 141 Å². The van der Waals surface area contributed by atoms with E-state index in [0.717, 1.165) is 58.3 Å². The monoisotopic (exact) mass is 1040 g/mol. The van der Waals surface area contributed by atoms with Crippen molar-refractivity contribution in [2.45, 2.75) is 105 Å². The van der Waals surface area contributed by atoms with E-state index >= 15 is 0 Å².